The zero-order valence-electron chi connectivity index (χ0n) is 23.5. The van der Waals surface area contributed by atoms with Crippen LogP contribution in [-0.2, 0) is 20.4 Å². The van der Waals surface area contributed by atoms with Gasteiger partial charge in [0.15, 0.2) is 6.79 Å². The van der Waals surface area contributed by atoms with E-state index in [1.165, 1.54) is 42.3 Å². The van der Waals surface area contributed by atoms with Crippen molar-refractivity contribution >= 4 is 35.0 Å². The Balaban J connectivity index is 1.77. The summed E-state index contributed by atoms with van der Waals surface area (Å²) in [6.45, 7) is 6.79. The van der Waals surface area contributed by atoms with Crippen LogP contribution in [-0.4, -0.2) is 75.8 Å². The van der Waals surface area contributed by atoms with Gasteiger partial charge in [-0.3, -0.25) is 4.79 Å². The van der Waals surface area contributed by atoms with Gasteiger partial charge in [0.2, 0.25) is 0 Å². The first-order valence-corrected chi connectivity index (χ1v) is 13.4. The van der Waals surface area contributed by atoms with Crippen molar-refractivity contribution in [1.82, 2.24) is 4.90 Å². The highest BCUT2D eigenvalue weighted by molar-refractivity contribution is 6.31. The standard InChI is InChI=1S/C28H35ClF3N3O6/c1-27(2,3)41-26(37)35-11-5-10-34(12-13-35)23-8-7-20(17-22(23)28(30,31)32)33-25(36)21-16-19(29)6-9-24(21)40-18-39-15-14-38-4/h6-9,16-17H,5,10-15,18H2,1-4H3,(H,33,36). The number of carbonyl (C=O) groups is 2. The number of amides is 2. The van der Waals surface area contributed by atoms with Crippen molar-refractivity contribution in [3.63, 3.8) is 0 Å². The zero-order valence-corrected chi connectivity index (χ0v) is 24.2. The maximum Gasteiger partial charge on any atom is 0.418 e. The van der Waals surface area contributed by atoms with E-state index in [2.05, 4.69) is 5.32 Å². The van der Waals surface area contributed by atoms with Gasteiger partial charge in [-0.1, -0.05) is 11.6 Å². The Morgan fingerprint density at radius 3 is 2.44 bits per heavy atom. The van der Waals surface area contributed by atoms with Crippen molar-refractivity contribution in [3.05, 3.63) is 52.5 Å². The molecule has 0 radical (unpaired) electrons. The van der Waals surface area contributed by atoms with E-state index in [1.807, 2.05) is 0 Å². The second-order valence-electron chi connectivity index (χ2n) is 10.3. The maximum atomic E-state index is 14.2. The Morgan fingerprint density at radius 1 is 1.00 bits per heavy atom. The zero-order chi connectivity index (χ0) is 30.2. The van der Waals surface area contributed by atoms with E-state index in [-0.39, 0.29) is 54.2 Å². The average Bonchev–Trinajstić information content (AvgIpc) is 3.14. The second-order valence-corrected chi connectivity index (χ2v) is 10.7. The van der Waals surface area contributed by atoms with Crippen LogP contribution in [0.4, 0.5) is 29.3 Å². The fraction of sp³-hybridized carbons (Fsp3) is 0.500. The third-order valence-corrected chi connectivity index (χ3v) is 6.20. The molecule has 0 aliphatic carbocycles. The Kier molecular flexibility index (Phi) is 11.1. The molecule has 226 valence electrons. The molecule has 0 saturated carbocycles. The molecule has 0 bridgehead atoms. The number of ether oxygens (including phenoxy) is 4. The van der Waals surface area contributed by atoms with E-state index < -0.39 is 29.3 Å². The molecule has 1 heterocycles. The quantitative estimate of drug-likeness (QED) is 0.276. The predicted molar refractivity (Wildman–Crippen MR) is 149 cm³/mol. The van der Waals surface area contributed by atoms with Gasteiger partial charge in [-0.25, -0.2) is 4.79 Å². The number of hydrogen-bond donors (Lipinski definition) is 1. The van der Waals surface area contributed by atoms with Crippen molar-refractivity contribution in [2.45, 2.75) is 39.0 Å². The highest BCUT2D eigenvalue weighted by atomic mass is 35.5. The van der Waals surface area contributed by atoms with Crippen LogP contribution in [0.1, 0.15) is 43.1 Å². The van der Waals surface area contributed by atoms with Gasteiger partial charge in [0, 0.05) is 49.7 Å². The number of rotatable bonds is 9. The van der Waals surface area contributed by atoms with E-state index in [1.54, 1.807) is 25.7 Å². The second kappa shape index (κ2) is 14.1. The molecule has 0 aromatic heterocycles. The Morgan fingerprint density at radius 2 is 1.76 bits per heavy atom. The molecule has 0 atom stereocenters. The minimum Gasteiger partial charge on any atom is -0.467 e. The lowest BCUT2D eigenvalue weighted by Gasteiger charge is -2.28. The first-order valence-electron chi connectivity index (χ1n) is 13.0. The summed E-state index contributed by atoms with van der Waals surface area (Å²) in [6, 6.07) is 7.96. The first-order chi connectivity index (χ1) is 19.3. The lowest BCUT2D eigenvalue weighted by Crippen LogP contribution is -2.39. The molecule has 1 saturated heterocycles. The number of alkyl halides is 3. The summed E-state index contributed by atoms with van der Waals surface area (Å²) >= 11 is 6.06. The average molecular weight is 602 g/mol. The number of carbonyl (C=O) groups excluding carboxylic acids is 2. The lowest BCUT2D eigenvalue weighted by atomic mass is 10.1. The number of methoxy groups -OCH3 is 1. The van der Waals surface area contributed by atoms with Gasteiger partial charge >= 0.3 is 12.3 Å². The van der Waals surface area contributed by atoms with Crippen molar-refractivity contribution < 1.29 is 41.7 Å². The number of hydrogen-bond acceptors (Lipinski definition) is 7. The molecule has 0 spiro atoms. The summed E-state index contributed by atoms with van der Waals surface area (Å²) in [5.74, 6) is -0.556. The minimum absolute atomic E-state index is 0.0280. The van der Waals surface area contributed by atoms with Gasteiger partial charge in [-0.15, -0.1) is 0 Å². The van der Waals surface area contributed by atoms with E-state index in [9.17, 15) is 22.8 Å². The highest BCUT2D eigenvalue weighted by Crippen LogP contribution is 2.39. The number of anilines is 2. The molecule has 2 aromatic rings. The lowest BCUT2D eigenvalue weighted by molar-refractivity contribution is -0.137. The first kappa shape index (κ1) is 32.3. The summed E-state index contributed by atoms with van der Waals surface area (Å²) in [4.78, 5) is 28.6. The molecule has 1 fully saturated rings. The van der Waals surface area contributed by atoms with Crippen LogP contribution in [0.3, 0.4) is 0 Å². The molecule has 1 aliphatic rings. The Hall–Kier alpha value is -3.22. The summed E-state index contributed by atoms with van der Waals surface area (Å²) in [7, 11) is 1.52. The monoisotopic (exact) mass is 601 g/mol. The van der Waals surface area contributed by atoms with Gasteiger partial charge < -0.3 is 34.1 Å². The highest BCUT2D eigenvalue weighted by Gasteiger charge is 2.36. The molecular formula is C28H35ClF3N3O6. The molecule has 1 N–H and O–H groups in total. The number of nitrogens with zero attached hydrogens (tertiary/aromatic N) is 2. The summed E-state index contributed by atoms with van der Waals surface area (Å²) in [5.41, 5.74) is -1.65. The third-order valence-electron chi connectivity index (χ3n) is 5.96. The molecule has 3 rings (SSSR count). The summed E-state index contributed by atoms with van der Waals surface area (Å²) < 4.78 is 63.7. The van der Waals surface area contributed by atoms with Crippen LogP contribution in [0.25, 0.3) is 0 Å². The van der Waals surface area contributed by atoms with Crippen LogP contribution in [0.2, 0.25) is 5.02 Å². The Labute approximate surface area is 242 Å². The topological polar surface area (TPSA) is 89.6 Å². The summed E-state index contributed by atoms with van der Waals surface area (Å²) in [6.07, 6.45) is -4.74. The van der Waals surface area contributed by atoms with Crippen molar-refractivity contribution in [3.8, 4) is 5.75 Å². The van der Waals surface area contributed by atoms with Gasteiger partial charge in [0.05, 0.1) is 24.3 Å². The normalized spacial score (nSPS) is 14.4. The maximum absolute atomic E-state index is 14.2. The molecule has 1 aliphatic heterocycles. The van der Waals surface area contributed by atoms with Gasteiger partial charge in [0.1, 0.15) is 11.4 Å². The van der Waals surface area contributed by atoms with E-state index in [0.29, 0.717) is 26.1 Å². The van der Waals surface area contributed by atoms with Crippen LogP contribution in [0.15, 0.2) is 36.4 Å². The fourth-order valence-corrected chi connectivity index (χ4v) is 4.27. The molecule has 2 aromatic carbocycles. The molecular weight excluding hydrogens is 567 g/mol. The van der Waals surface area contributed by atoms with E-state index in [4.69, 9.17) is 30.5 Å². The van der Waals surface area contributed by atoms with Crippen LogP contribution < -0.4 is 15.0 Å². The molecule has 13 heteroatoms. The van der Waals surface area contributed by atoms with E-state index in [0.717, 1.165) is 6.07 Å². The van der Waals surface area contributed by atoms with Crippen molar-refractivity contribution in [2.24, 2.45) is 0 Å². The smallest absolute Gasteiger partial charge is 0.418 e. The molecule has 0 unspecified atom stereocenters. The SMILES string of the molecule is COCCOCOc1ccc(Cl)cc1C(=O)Nc1ccc(N2CCCN(C(=O)OC(C)(C)C)CC2)c(C(F)(F)F)c1. The van der Waals surface area contributed by atoms with Crippen molar-refractivity contribution in [1.29, 1.82) is 0 Å². The van der Waals surface area contributed by atoms with Gasteiger partial charge in [-0.2, -0.15) is 13.2 Å². The van der Waals surface area contributed by atoms with Crippen LogP contribution in [0.5, 0.6) is 5.75 Å². The molecule has 41 heavy (non-hydrogen) atoms. The third kappa shape index (κ3) is 9.68. The van der Waals surface area contributed by atoms with Crippen LogP contribution in [0, 0.1) is 0 Å². The molecule has 2 amide bonds. The number of halogens is 4. The molecule has 9 nitrogen and oxygen atoms in total. The minimum atomic E-state index is -4.70. The van der Waals surface area contributed by atoms with E-state index >= 15 is 0 Å². The number of nitrogens with one attached hydrogen (secondary N) is 1. The van der Waals surface area contributed by atoms with Crippen LogP contribution >= 0.6 is 11.6 Å². The van der Waals surface area contributed by atoms with Crippen molar-refractivity contribution in [2.75, 3.05) is 63.5 Å². The van der Waals surface area contributed by atoms with Gasteiger partial charge in [-0.05, 0) is 63.6 Å². The number of benzene rings is 2. The fourth-order valence-electron chi connectivity index (χ4n) is 4.09. The Bertz CT molecular complexity index is 1210. The largest absolute Gasteiger partial charge is 0.467 e. The summed E-state index contributed by atoms with van der Waals surface area (Å²) in [5, 5.41) is 2.75. The van der Waals surface area contributed by atoms with Gasteiger partial charge in [0.25, 0.3) is 5.91 Å². The predicted octanol–water partition coefficient (Wildman–Crippen LogP) is 6.06.